The number of fused-ring (bicyclic) bond motifs is 7. The Morgan fingerprint density at radius 2 is 0.875 bits per heavy atom. The maximum absolute atomic E-state index is 2.47. The fraction of sp³-hybridized carbons (Fsp3) is 0. The molecule has 0 bridgehead atoms. The number of rotatable bonds is 6. The van der Waals surface area contributed by atoms with Gasteiger partial charge in [-0.25, -0.2) is 0 Å². The first-order valence-electron chi connectivity index (χ1n) is 19.2. The van der Waals surface area contributed by atoms with Crippen molar-refractivity contribution in [3.05, 3.63) is 212 Å². The van der Waals surface area contributed by atoms with Crippen LogP contribution < -0.4 is 4.90 Å². The molecule has 0 amide bonds. The third-order valence-corrected chi connectivity index (χ3v) is 12.5. The Bertz CT molecular complexity index is 3230. The maximum Gasteiger partial charge on any atom is 0.0640 e. The third-order valence-electron chi connectivity index (χ3n) is 11.2. The minimum atomic E-state index is 1.11. The lowest BCUT2D eigenvalue weighted by atomic mass is 9.85. The molecule has 0 spiro atoms. The summed E-state index contributed by atoms with van der Waals surface area (Å²) in [6.07, 6.45) is 0. The minimum absolute atomic E-state index is 1.11. The monoisotopic (exact) mass is 729 g/mol. The van der Waals surface area contributed by atoms with E-state index < -0.39 is 0 Å². The van der Waals surface area contributed by atoms with E-state index in [1.165, 1.54) is 91.6 Å². The molecule has 1 aromatic heterocycles. The SMILES string of the molecule is c1ccc(-c2c(-c3ccccc3)c3cc(N(c4ccc(-c5cccc6ccccc56)cc4)c4cccc5c4sc4ccccc45)ccc3c3ccccc23)cc1. The molecule has 0 atom stereocenters. The molecule has 1 heterocycles. The van der Waals surface area contributed by atoms with E-state index in [1.807, 2.05) is 11.3 Å². The van der Waals surface area contributed by atoms with Gasteiger partial charge in [-0.1, -0.05) is 176 Å². The van der Waals surface area contributed by atoms with Gasteiger partial charge in [0.05, 0.1) is 10.4 Å². The van der Waals surface area contributed by atoms with Gasteiger partial charge in [-0.15, -0.1) is 11.3 Å². The van der Waals surface area contributed by atoms with Gasteiger partial charge in [0.15, 0.2) is 0 Å². The first-order valence-corrected chi connectivity index (χ1v) is 20.0. The minimum Gasteiger partial charge on any atom is -0.309 e. The second-order valence-electron chi connectivity index (χ2n) is 14.4. The van der Waals surface area contributed by atoms with Crippen LogP contribution >= 0.6 is 11.3 Å². The average Bonchev–Trinajstić information content (AvgIpc) is 3.66. The molecule has 1 nitrogen and oxygen atoms in total. The van der Waals surface area contributed by atoms with E-state index >= 15 is 0 Å². The number of thiophene rings is 1. The molecule has 0 fully saturated rings. The number of nitrogens with zero attached hydrogens (tertiary/aromatic N) is 1. The highest BCUT2D eigenvalue weighted by Gasteiger charge is 2.22. The van der Waals surface area contributed by atoms with Gasteiger partial charge < -0.3 is 4.90 Å². The van der Waals surface area contributed by atoms with Gasteiger partial charge in [-0.05, 0) is 102 Å². The fourth-order valence-electron chi connectivity index (χ4n) is 8.73. The molecular formula is C54H35NS. The van der Waals surface area contributed by atoms with Gasteiger partial charge >= 0.3 is 0 Å². The molecule has 2 heteroatoms. The summed E-state index contributed by atoms with van der Waals surface area (Å²) in [4.78, 5) is 2.47. The topological polar surface area (TPSA) is 3.24 Å². The highest BCUT2D eigenvalue weighted by Crippen LogP contribution is 2.49. The van der Waals surface area contributed by atoms with Crippen molar-refractivity contribution in [1.29, 1.82) is 0 Å². The van der Waals surface area contributed by atoms with Crippen molar-refractivity contribution < 1.29 is 0 Å². The van der Waals surface area contributed by atoms with E-state index in [-0.39, 0.29) is 0 Å². The van der Waals surface area contributed by atoms with Crippen molar-refractivity contribution >= 4 is 80.9 Å². The quantitative estimate of drug-likeness (QED) is 0.154. The summed E-state index contributed by atoms with van der Waals surface area (Å²) < 4.78 is 2.57. The molecule has 56 heavy (non-hydrogen) atoms. The summed E-state index contributed by atoms with van der Waals surface area (Å²) >= 11 is 1.87. The van der Waals surface area contributed by atoms with E-state index in [9.17, 15) is 0 Å². The van der Waals surface area contributed by atoms with Crippen LogP contribution in [0.1, 0.15) is 0 Å². The summed E-state index contributed by atoms with van der Waals surface area (Å²) in [6.45, 7) is 0. The van der Waals surface area contributed by atoms with Crippen LogP contribution in [0.3, 0.4) is 0 Å². The molecule has 0 saturated heterocycles. The second kappa shape index (κ2) is 13.4. The van der Waals surface area contributed by atoms with Crippen LogP contribution in [-0.2, 0) is 0 Å². The Morgan fingerprint density at radius 3 is 1.64 bits per heavy atom. The Labute approximate surface area is 330 Å². The number of hydrogen-bond donors (Lipinski definition) is 0. The van der Waals surface area contributed by atoms with Gasteiger partial charge in [-0.3, -0.25) is 0 Å². The summed E-state index contributed by atoms with van der Waals surface area (Å²) in [5.74, 6) is 0. The lowest BCUT2D eigenvalue weighted by Crippen LogP contribution is -2.10. The molecule has 0 radical (unpaired) electrons. The zero-order valence-electron chi connectivity index (χ0n) is 30.6. The van der Waals surface area contributed by atoms with Gasteiger partial charge in [0.2, 0.25) is 0 Å². The Kier molecular flexibility index (Phi) is 7.75. The van der Waals surface area contributed by atoms with E-state index in [0.29, 0.717) is 0 Å². The summed E-state index contributed by atoms with van der Waals surface area (Å²) in [5.41, 5.74) is 10.8. The molecule has 11 aromatic rings. The highest BCUT2D eigenvalue weighted by atomic mass is 32.1. The summed E-state index contributed by atoms with van der Waals surface area (Å²) in [5, 5.41) is 10.1. The fourth-order valence-corrected chi connectivity index (χ4v) is 9.94. The van der Waals surface area contributed by atoms with Gasteiger partial charge in [0.1, 0.15) is 0 Å². The lowest BCUT2D eigenvalue weighted by Gasteiger charge is -2.27. The van der Waals surface area contributed by atoms with Crippen LogP contribution in [0.15, 0.2) is 212 Å². The zero-order chi connectivity index (χ0) is 37.0. The molecule has 0 unspecified atom stereocenters. The maximum atomic E-state index is 2.47. The molecule has 0 aliphatic heterocycles. The smallest absolute Gasteiger partial charge is 0.0640 e. The van der Waals surface area contributed by atoms with Gasteiger partial charge in [0.25, 0.3) is 0 Å². The van der Waals surface area contributed by atoms with E-state index in [2.05, 4.69) is 217 Å². The molecule has 262 valence electrons. The van der Waals surface area contributed by atoms with Crippen LogP contribution in [0.5, 0.6) is 0 Å². The second-order valence-corrected chi connectivity index (χ2v) is 15.5. The molecule has 10 aromatic carbocycles. The molecule has 0 aliphatic carbocycles. The zero-order valence-corrected chi connectivity index (χ0v) is 31.4. The van der Waals surface area contributed by atoms with Crippen LogP contribution in [0.2, 0.25) is 0 Å². The molecule has 0 saturated carbocycles. The molecule has 0 N–H and O–H groups in total. The van der Waals surface area contributed by atoms with Crippen molar-refractivity contribution in [2.75, 3.05) is 4.90 Å². The number of hydrogen-bond acceptors (Lipinski definition) is 2. The van der Waals surface area contributed by atoms with Crippen molar-refractivity contribution in [3.8, 4) is 33.4 Å². The lowest BCUT2D eigenvalue weighted by molar-refractivity contribution is 1.31. The van der Waals surface area contributed by atoms with Crippen LogP contribution in [-0.4, -0.2) is 0 Å². The van der Waals surface area contributed by atoms with E-state index in [0.717, 1.165) is 11.4 Å². The van der Waals surface area contributed by atoms with Gasteiger partial charge in [0, 0.05) is 26.8 Å². The van der Waals surface area contributed by atoms with Crippen molar-refractivity contribution in [3.63, 3.8) is 0 Å². The molecule has 0 aliphatic rings. The third kappa shape index (κ3) is 5.30. The Morgan fingerprint density at radius 1 is 0.321 bits per heavy atom. The molecular weight excluding hydrogens is 695 g/mol. The van der Waals surface area contributed by atoms with Gasteiger partial charge in [-0.2, -0.15) is 0 Å². The number of anilines is 3. The Balaban J connectivity index is 1.20. The van der Waals surface area contributed by atoms with Crippen LogP contribution in [0.25, 0.3) is 85.9 Å². The Hall–Kier alpha value is -7.00. The first-order chi connectivity index (χ1) is 27.8. The van der Waals surface area contributed by atoms with Crippen LogP contribution in [0, 0.1) is 0 Å². The molecule has 11 rings (SSSR count). The predicted octanol–water partition coefficient (Wildman–Crippen LogP) is 16.0. The van der Waals surface area contributed by atoms with Crippen molar-refractivity contribution in [1.82, 2.24) is 0 Å². The number of benzene rings is 10. The van der Waals surface area contributed by atoms with Crippen LogP contribution in [0.4, 0.5) is 17.1 Å². The predicted molar refractivity (Wildman–Crippen MR) is 243 cm³/mol. The largest absolute Gasteiger partial charge is 0.309 e. The van der Waals surface area contributed by atoms with E-state index in [4.69, 9.17) is 0 Å². The van der Waals surface area contributed by atoms with E-state index in [1.54, 1.807) is 0 Å². The van der Waals surface area contributed by atoms with Crippen molar-refractivity contribution in [2.24, 2.45) is 0 Å². The first kappa shape index (κ1) is 32.4. The standard InChI is InChI=1S/C54H35NS/c1-3-16-38(17-4-1)52-47-24-10-9-22-44(47)45-34-33-41(35-49(45)53(52)39-18-5-2-6-19-39)55(50-27-14-26-48-46-23-11-12-28-51(46)56-54(48)50)40-31-29-37(30-32-40)43-25-13-20-36-15-7-8-21-42(36)43/h1-35H. The summed E-state index contributed by atoms with van der Waals surface area (Å²) in [7, 11) is 0. The van der Waals surface area contributed by atoms with Crippen molar-refractivity contribution in [2.45, 2.75) is 0 Å². The normalized spacial score (nSPS) is 11.6. The highest BCUT2D eigenvalue weighted by molar-refractivity contribution is 7.26. The average molecular weight is 730 g/mol. The summed E-state index contributed by atoms with van der Waals surface area (Å²) in [6, 6.07) is 77.7.